The first-order valence-electron chi connectivity index (χ1n) is 6.83. The summed E-state index contributed by atoms with van der Waals surface area (Å²) < 4.78 is 42.4. The molecule has 3 rings (SSSR count). The second kappa shape index (κ2) is 5.51. The molecular formula is C14H14BrF3N2O. The van der Waals surface area contributed by atoms with Crippen molar-refractivity contribution in [1.29, 1.82) is 0 Å². The third kappa shape index (κ3) is 3.33. The fourth-order valence-corrected chi connectivity index (χ4v) is 3.17. The smallest absolute Gasteiger partial charge is 0.405 e. The highest BCUT2D eigenvalue weighted by Crippen LogP contribution is 2.40. The third-order valence-electron chi connectivity index (χ3n) is 3.67. The fourth-order valence-electron chi connectivity index (χ4n) is 2.75. The van der Waals surface area contributed by atoms with Gasteiger partial charge in [-0.15, -0.1) is 13.2 Å². The molecule has 2 aliphatic heterocycles. The average molecular weight is 363 g/mol. The Labute approximate surface area is 128 Å². The molecule has 2 aliphatic rings. The minimum atomic E-state index is -4.70. The van der Waals surface area contributed by atoms with Crippen LogP contribution in [0.25, 0.3) is 0 Å². The van der Waals surface area contributed by atoms with Crippen LogP contribution in [0.2, 0.25) is 0 Å². The van der Waals surface area contributed by atoms with Crippen LogP contribution in [-0.2, 0) is 6.54 Å². The number of nitrogens with zero attached hydrogens (tertiary/aromatic N) is 2. The van der Waals surface area contributed by atoms with Gasteiger partial charge in [-0.3, -0.25) is 0 Å². The molecule has 0 bridgehead atoms. The summed E-state index contributed by atoms with van der Waals surface area (Å²) in [6.45, 7) is 1.26. The normalized spacial score (nSPS) is 18.5. The van der Waals surface area contributed by atoms with Gasteiger partial charge in [0.2, 0.25) is 0 Å². The van der Waals surface area contributed by atoms with Gasteiger partial charge in [0.15, 0.2) is 0 Å². The van der Waals surface area contributed by atoms with E-state index in [9.17, 15) is 13.2 Å². The van der Waals surface area contributed by atoms with Crippen LogP contribution >= 0.6 is 15.9 Å². The Morgan fingerprint density at radius 1 is 1.19 bits per heavy atom. The number of halogens is 4. The molecule has 21 heavy (non-hydrogen) atoms. The first-order valence-corrected chi connectivity index (χ1v) is 7.62. The Bertz CT molecular complexity index is 586. The van der Waals surface area contributed by atoms with Gasteiger partial charge < -0.3 is 9.64 Å². The topological polar surface area (TPSA) is 24.8 Å². The number of ether oxygens (including phenoxy) is 1. The minimum Gasteiger partial charge on any atom is -0.405 e. The van der Waals surface area contributed by atoms with E-state index in [2.05, 4.69) is 30.6 Å². The Hall–Kier alpha value is -1.24. The van der Waals surface area contributed by atoms with Crippen molar-refractivity contribution in [1.82, 2.24) is 4.90 Å². The van der Waals surface area contributed by atoms with E-state index in [0.29, 0.717) is 22.3 Å². The summed E-state index contributed by atoms with van der Waals surface area (Å²) in [7, 11) is 0. The molecule has 0 spiro atoms. The number of aliphatic imine (C=N–C) groups is 1. The predicted octanol–water partition coefficient (Wildman–Crippen LogP) is 4.77. The van der Waals surface area contributed by atoms with Gasteiger partial charge in [0.1, 0.15) is 11.6 Å². The lowest BCUT2D eigenvalue weighted by Gasteiger charge is -2.30. The van der Waals surface area contributed by atoms with Crippen LogP contribution in [0, 0.1) is 0 Å². The van der Waals surface area contributed by atoms with E-state index < -0.39 is 6.36 Å². The van der Waals surface area contributed by atoms with Crippen molar-refractivity contribution < 1.29 is 17.9 Å². The number of amidine groups is 1. The standard InChI is InChI=1S/C14H14BrF3N2O/c15-9-6-11-10(12(7-9)21-14(16,17)18)8-20-5-3-1-2-4-13(20)19-11/h6-7H,1-5,8H2. The summed E-state index contributed by atoms with van der Waals surface area (Å²) in [6, 6.07) is 3.10. The summed E-state index contributed by atoms with van der Waals surface area (Å²) in [4.78, 5) is 6.61. The lowest BCUT2D eigenvalue weighted by Crippen LogP contribution is -2.32. The molecule has 0 N–H and O–H groups in total. The SMILES string of the molecule is FC(F)(F)Oc1cc(Br)cc2c1CN1CCCCCC1=N2. The van der Waals surface area contributed by atoms with Crippen molar-refractivity contribution in [3.63, 3.8) is 0 Å². The highest BCUT2D eigenvalue weighted by molar-refractivity contribution is 9.10. The summed E-state index contributed by atoms with van der Waals surface area (Å²) >= 11 is 3.22. The molecular weight excluding hydrogens is 349 g/mol. The largest absolute Gasteiger partial charge is 0.573 e. The summed E-state index contributed by atoms with van der Waals surface area (Å²) in [5.74, 6) is 0.801. The zero-order chi connectivity index (χ0) is 15.0. The zero-order valence-electron chi connectivity index (χ0n) is 11.2. The number of hydrogen-bond donors (Lipinski definition) is 0. The van der Waals surface area contributed by atoms with Gasteiger partial charge in [0, 0.05) is 29.5 Å². The maximum atomic E-state index is 12.6. The molecule has 0 amide bonds. The number of rotatable bonds is 1. The van der Waals surface area contributed by atoms with Crippen LogP contribution in [-0.4, -0.2) is 23.6 Å². The molecule has 1 saturated heterocycles. The summed E-state index contributed by atoms with van der Waals surface area (Å²) in [5.41, 5.74) is 1.07. The van der Waals surface area contributed by atoms with Gasteiger partial charge in [-0.05, 0) is 25.0 Å². The van der Waals surface area contributed by atoms with Crippen molar-refractivity contribution in [2.24, 2.45) is 4.99 Å². The summed E-state index contributed by atoms with van der Waals surface area (Å²) in [6.07, 6.45) is -0.578. The van der Waals surface area contributed by atoms with Gasteiger partial charge in [-0.1, -0.05) is 22.4 Å². The van der Waals surface area contributed by atoms with Crippen LogP contribution in [0.4, 0.5) is 18.9 Å². The molecule has 0 atom stereocenters. The van der Waals surface area contributed by atoms with E-state index in [1.807, 2.05) is 0 Å². The van der Waals surface area contributed by atoms with Crippen molar-refractivity contribution in [3.05, 3.63) is 22.2 Å². The summed E-state index contributed by atoms with van der Waals surface area (Å²) in [5, 5.41) is 0. The molecule has 2 heterocycles. The lowest BCUT2D eigenvalue weighted by molar-refractivity contribution is -0.275. The van der Waals surface area contributed by atoms with Gasteiger partial charge in [0.05, 0.1) is 5.69 Å². The number of fused-ring (bicyclic) bond motifs is 2. The van der Waals surface area contributed by atoms with E-state index in [1.165, 1.54) is 6.07 Å². The van der Waals surface area contributed by atoms with Gasteiger partial charge >= 0.3 is 6.36 Å². The molecule has 0 aromatic heterocycles. The lowest BCUT2D eigenvalue weighted by atomic mass is 10.1. The van der Waals surface area contributed by atoms with Crippen LogP contribution in [0.3, 0.4) is 0 Å². The maximum absolute atomic E-state index is 12.6. The molecule has 0 aliphatic carbocycles. The van der Waals surface area contributed by atoms with E-state index in [1.54, 1.807) is 6.07 Å². The van der Waals surface area contributed by atoms with E-state index >= 15 is 0 Å². The third-order valence-corrected chi connectivity index (χ3v) is 4.13. The first-order chi connectivity index (χ1) is 9.92. The molecule has 0 unspecified atom stereocenters. The van der Waals surface area contributed by atoms with Crippen molar-refractivity contribution in [2.75, 3.05) is 6.54 Å². The highest BCUT2D eigenvalue weighted by Gasteiger charge is 2.34. The Morgan fingerprint density at radius 3 is 2.76 bits per heavy atom. The molecule has 0 radical (unpaired) electrons. The highest BCUT2D eigenvalue weighted by atomic mass is 79.9. The molecule has 1 aromatic carbocycles. The quantitative estimate of drug-likeness (QED) is 0.718. The molecule has 3 nitrogen and oxygen atoms in total. The molecule has 1 aromatic rings. The van der Waals surface area contributed by atoms with Crippen molar-refractivity contribution >= 4 is 27.5 Å². The zero-order valence-corrected chi connectivity index (χ0v) is 12.8. The number of benzene rings is 1. The van der Waals surface area contributed by atoms with Crippen molar-refractivity contribution in [3.8, 4) is 5.75 Å². The predicted molar refractivity (Wildman–Crippen MR) is 76.8 cm³/mol. The molecule has 0 saturated carbocycles. The molecule has 1 fully saturated rings. The average Bonchev–Trinajstić information content (AvgIpc) is 2.59. The first kappa shape index (κ1) is 14.7. The fraction of sp³-hybridized carbons (Fsp3) is 0.500. The molecule has 7 heteroatoms. The number of alkyl halides is 3. The Kier molecular flexibility index (Phi) is 3.86. The monoisotopic (exact) mass is 362 g/mol. The second-order valence-electron chi connectivity index (χ2n) is 5.21. The van der Waals surface area contributed by atoms with Crippen LogP contribution < -0.4 is 4.74 Å². The van der Waals surface area contributed by atoms with Gasteiger partial charge in [0.25, 0.3) is 0 Å². The van der Waals surface area contributed by atoms with E-state index in [-0.39, 0.29) is 5.75 Å². The number of hydrogen-bond acceptors (Lipinski definition) is 3. The maximum Gasteiger partial charge on any atom is 0.573 e. The minimum absolute atomic E-state index is 0.168. The van der Waals surface area contributed by atoms with E-state index in [4.69, 9.17) is 0 Å². The molecule has 114 valence electrons. The van der Waals surface area contributed by atoms with Gasteiger partial charge in [-0.2, -0.15) is 0 Å². The van der Waals surface area contributed by atoms with E-state index in [0.717, 1.165) is 38.1 Å². The van der Waals surface area contributed by atoms with Crippen LogP contribution in [0.15, 0.2) is 21.6 Å². The van der Waals surface area contributed by atoms with Crippen molar-refractivity contribution in [2.45, 2.75) is 38.6 Å². The van der Waals surface area contributed by atoms with Gasteiger partial charge in [-0.25, -0.2) is 4.99 Å². The Balaban J connectivity index is 2.01. The van der Waals surface area contributed by atoms with Crippen LogP contribution in [0.5, 0.6) is 5.75 Å². The van der Waals surface area contributed by atoms with Crippen LogP contribution in [0.1, 0.15) is 31.2 Å². The second-order valence-corrected chi connectivity index (χ2v) is 6.13. The Morgan fingerprint density at radius 2 is 2.00 bits per heavy atom.